The number of hydrogen-bond acceptors (Lipinski definition) is 4. The number of rotatable bonds is 4. The quantitative estimate of drug-likeness (QED) is 0.256. The number of hydrogen-bond donors (Lipinski definition) is 0. The first-order valence-electron chi connectivity index (χ1n) is 10.7. The van der Waals surface area contributed by atoms with Crippen LogP contribution in [-0.4, -0.2) is 9.97 Å². The van der Waals surface area contributed by atoms with E-state index in [2.05, 4.69) is 100 Å². The molecule has 4 aromatic carbocycles. The summed E-state index contributed by atoms with van der Waals surface area (Å²) >= 11 is 3.42. The zero-order valence-corrected chi connectivity index (χ0v) is 20.3. The molecule has 0 radical (unpaired) electrons. The van der Waals surface area contributed by atoms with Gasteiger partial charge in [0.1, 0.15) is 10.1 Å². The van der Waals surface area contributed by atoms with E-state index in [0.29, 0.717) is 0 Å². The Hall–Kier alpha value is -2.82. The second-order valence-electron chi connectivity index (χ2n) is 8.26. The Morgan fingerprint density at radius 1 is 0.531 bits per heavy atom. The van der Waals surface area contributed by atoms with E-state index in [0.717, 1.165) is 21.1 Å². The zero-order valence-electron chi connectivity index (χ0n) is 18.6. The van der Waals surface area contributed by atoms with Crippen LogP contribution in [-0.2, 0) is 0 Å². The molecule has 0 N–H and O–H groups in total. The highest BCUT2D eigenvalue weighted by Gasteiger charge is 2.15. The Morgan fingerprint density at radius 2 is 0.969 bits per heavy atom. The predicted molar refractivity (Wildman–Crippen MR) is 137 cm³/mol. The standard InChI is InChI=1S/C28H24N2S2/c1-17-9-11-19(3)25(13-17)31-27-28(32-26-14-18(2)10-12-20(26)4)30-24-16-22-8-6-5-7-21(22)15-23(24)29-27/h5-16H,1-4H3. The van der Waals surface area contributed by atoms with Crippen molar-refractivity contribution in [1.29, 1.82) is 0 Å². The molecule has 1 heterocycles. The van der Waals surface area contributed by atoms with Gasteiger partial charge in [0.05, 0.1) is 11.0 Å². The van der Waals surface area contributed by atoms with Crippen molar-refractivity contribution in [3.8, 4) is 0 Å². The van der Waals surface area contributed by atoms with Crippen LogP contribution in [0.4, 0.5) is 0 Å². The van der Waals surface area contributed by atoms with Gasteiger partial charge >= 0.3 is 0 Å². The minimum atomic E-state index is 0.932. The molecule has 158 valence electrons. The molecular formula is C28H24N2S2. The molecule has 0 fully saturated rings. The van der Waals surface area contributed by atoms with E-state index >= 15 is 0 Å². The molecule has 4 heteroatoms. The average Bonchev–Trinajstić information content (AvgIpc) is 2.78. The fraction of sp³-hybridized carbons (Fsp3) is 0.143. The highest BCUT2D eigenvalue weighted by atomic mass is 32.2. The van der Waals surface area contributed by atoms with E-state index in [1.165, 1.54) is 42.8 Å². The Balaban J connectivity index is 1.68. The van der Waals surface area contributed by atoms with Crippen LogP contribution in [0.3, 0.4) is 0 Å². The highest BCUT2D eigenvalue weighted by molar-refractivity contribution is 8.02. The van der Waals surface area contributed by atoms with Gasteiger partial charge in [-0.15, -0.1) is 0 Å². The summed E-state index contributed by atoms with van der Waals surface area (Å²) in [5, 5.41) is 4.28. The third kappa shape index (κ3) is 4.25. The maximum Gasteiger partial charge on any atom is 0.134 e. The number of aryl methyl sites for hydroxylation is 4. The van der Waals surface area contributed by atoms with Gasteiger partial charge in [0, 0.05) is 9.79 Å². The molecule has 5 rings (SSSR count). The fourth-order valence-corrected chi connectivity index (χ4v) is 5.85. The summed E-state index contributed by atoms with van der Waals surface area (Å²) in [5.41, 5.74) is 6.87. The molecule has 0 aliphatic carbocycles. The Labute approximate surface area is 197 Å². The largest absolute Gasteiger partial charge is 0.237 e. The maximum atomic E-state index is 5.12. The normalized spacial score (nSPS) is 11.4. The van der Waals surface area contributed by atoms with Crippen molar-refractivity contribution in [2.75, 3.05) is 0 Å². The lowest BCUT2D eigenvalue weighted by atomic mass is 10.1. The van der Waals surface area contributed by atoms with Crippen LogP contribution in [0.2, 0.25) is 0 Å². The first-order valence-corrected chi connectivity index (χ1v) is 12.3. The van der Waals surface area contributed by atoms with Crippen LogP contribution in [0.25, 0.3) is 21.8 Å². The van der Waals surface area contributed by atoms with Gasteiger partial charge in [0.2, 0.25) is 0 Å². The molecule has 2 nitrogen and oxygen atoms in total. The van der Waals surface area contributed by atoms with E-state index < -0.39 is 0 Å². The molecule has 0 bridgehead atoms. The second kappa shape index (κ2) is 8.61. The smallest absolute Gasteiger partial charge is 0.134 e. The molecular weight excluding hydrogens is 428 g/mol. The molecule has 0 spiro atoms. The third-order valence-electron chi connectivity index (χ3n) is 5.57. The van der Waals surface area contributed by atoms with Gasteiger partial charge in [0.25, 0.3) is 0 Å². The molecule has 0 aliphatic rings. The Morgan fingerprint density at radius 3 is 1.41 bits per heavy atom. The minimum Gasteiger partial charge on any atom is -0.237 e. The summed E-state index contributed by atoms with van der Waals surface area (Å²) < 4.78 is 0. The summed E-state index contributed by atoms with van der Waals surface area (Å²) in [7, 11) is 0. The van der Waals surface area contributed by atoms with Crippen molar-refractivity contribution in [1.82, 2.24) is 9.97 Å². The molecule has 0 amide bonds. The Bertz CT molecular complexity index is 1360. The summed E-state index contributed by atoms with van der Waals surface area (Å²) in [6.07, 6.45) is 0. The van der Waals surface area contributed by atoms with Crippen LogP contribution in [0.5, 0.6) is 0 Å². The first kappa shape index (κ1) is 21.0. The van der Waals surface area contributed by atoms with Gasteiger partial charge in [-0.1, -0.05) is 72.1 Å². The van der Waals surface area contributed by atoms with Crippen LogP contribution >= 0.6 is 23.5 Å². The lowest BCUT2D eigenvalue weighted by Crippen LogP contribution is -1.94. The molecule has 0 saturated heterocycles. The molecule has 0 unspecified atom stereocenters. The van der Waals surface area contributed by atoms with Crippen LogP contribution < -0.4 is 0 Å². The monoisotopic (exact) mass is 452 g/mol. The van der Waals surface area contributed by atoms with Gasteiger partial charge in [-0.25, -0.2) is 9.97 Å². The fourth-order valence-electron chi connectivity index (χ4n) is 3.69. The van der Waals surface area contributed by atoms with Crippen molar-refractivity contribution in [3.05, 3.63) is 95.1 Å². The summed E-state index contributed by atoms with van der Waals surface area (Å²) in [5.74, 6) is 0. The second-order valence-corrected chi connectivity index (χ2v) is 10.3. The van der Waals surface area contributed by atoms with Crippen molar-refractivity contribution in [2.45, 2.75) is 47.5 Å². The van der Waals surface area contributed by atoms with Crippen molar-refractivity contribution in [3.63, 3.8) is 0 Å². The van der Waals surface area contributed by atoms with Crippen molar-refractivity contribution >= 4 is 45.3 Å². The predicted octanol–water partition coefficient (Wildman–Crippen LogP) is 8.32. The summed E-state index contributed by atoms with van der Waals surface area (Å²) in [6, 6.07) is 25.8. The molecule has 0 atom stereocenters. The van der Waals surface area contributed by atoms with Gasteiger partial charge in [-0.05, 0) is 85.0 Å². The van der Waals surface area contributed by atoms with Crippen molar-refractivity contribution in [2.24, 2.45) is 0 Å². The lowest BCUT2D eigenvalue weighted by Gasteiger charge is -2.13. The first-order chi connectivity index (χ1) is 15.5. The SMILES string of the molecule is Cc1ccc(C)c(Sc2nc3cc4ccccc4cc3nc2Sc2cc(C)ccc2C)c1. The molecule has 0 saturated carbocycles. The third-order valence-corrected chi connectivity index (χ3v) is 7.98. The zero-order chi connectivity index (χ0) is 22.2. The van der Waals surface area contributed by atoms with E-state index in [4.69, 9.17) is 9.97 Å². The number of benzene rings is 4. The molecule has 5 aromatic rings. The molecule has 1 aromatic heterocycles. The van der Waals surface area contributed by atoms with Gasteiger partial charge < -0.3 is 0 Å². The van der Waals surface area contributed by atoms with Gasteiger partial charge in [-0.3, -0.25) is 0 Å². The topological polar surface area (TPSA) is 25.8 Å². The Kier molecular flexibility index (Phi) is 5.66. The average molecular weight is 453 g/mol. The van der Waals surface area contributed by atoms with E-state index in [-0.39, 0.29) is 0 Å². The van der Waals surface area contributed by atoms with E-state index in [1.54, 1.807) is 23.5 Å². The number of nitrogens with zero attached hydrogens (tertiary/aromatic N) is 2. The minimum absolute atomic E-state index is 0.932. The van der Waals surface area contributed by atoms with Crippen LogP contribution in [0, 0.1) is 27.7 Å². The molecule has 32 heavy (non-hydrogen) atoms. The van der Waals surface area contributed by atoms with Crippen molar-refractivity contribution < 1.29 is 0 Å². The van der Waals surface area contributed by atoms with E-state index in [1.807, 2.05) is 0 Å². The van der Waals surface area contributed by atoms with Gasteiger partial charge in [-0.2, -0.15) is 0 Å². The van der Waals surface area contributed by atoms with Gasteiger partial charge in [0.15, 0.2) is 0 Å². The number of aromatic nitrogens is 2. The maximum absolute atomic E-state index is 5.12. The van der Waals surface area contributed by atoms with E-state index in [9.17, 15) is 0 Å². The van der Waals surface area contributed by atoms with Crippen LogP contribution in [0.1, 0.15) is 22.3 Å². The summed E-state index contributed by atoms with van der Waals surface area (Å²) in [4.78, 5) is 12.7. The molecule has 0 aliphatic heterocycles. The van der Waals surface area contributed by atoms with Crippen LogP contribution in [0.15, 0.2) is 92.6 Å². The number of fused-ring (bicyclic) bond motifs is 2. The highest BCUT2D eigenvalue weighted by Crippen LogP contribution is 2.40. The summed E-state index contributed by atoms with van der Waals surface area (Å²) in [6.45, 7) is 8.57. The lowest BCUT2D eigenvalue weighted by molar-refractivity contribution is 0.967.